The molecule has 1 saturated heterocycles. The van der Waals surface area contributed by atoms with Crippen molar-refractivity contribution in [2.45, 2.75) is 32.3 Å². The zero-order valence-electron chi connectivity index (χ0n) is 14.0. The third-order valence-corrected chi connectivity index (χ3v) is 3.82. The maximum atomic E-state index is 11.6. The first kappa shape index (κ1) is 18.6. The summed E-state index contributed by atoms with van der Waals surface area (Å²) < 4.78 is 0. The second kappa shape index (κ2) is 8.94. The van der Waals surface area contributed by atoms with Crippen molar-refractivity contribution in [2.24, 2.45) is 5.92 Å². The standard InChI is InChI=1S/C19H21NO5/c1-14(10-11-15-6-3-2-4-7-15)16(21)8-5-9-19(24)25-20-17(22)12-13-18(20)23/h2-7,9-11,14,16,21H,8,12-13H2,1H3/b9-5+,11-10+/t14-,16+/m1/s1. The average Bonchev–Trinajstić information content (AvgIpc) is 2.92. The van der Waals surface area contributed by atoms with E-state index in [0.29, 0.717) is 5.06 Å². The third-order valence-electron chi connectivity index (χ3n) is 3.82. The van der Waals surface area contributed by atoms with Crippen molar-refractivity contribution in [2.75, 3.05) is 0 Å². The van der Waals surface area contributed by atoms with Crippen LogP contribution in [0.5, 0.6) is 0 Å². The minimum absolute atomic E-state index is 0.0554. The van der Waals surface area contributed by atoms with E-state index in [-0.39, 0.29) is 25.2 Å². The first-order valence-corrected chi connectivity index (χ1v) is 8.13. The van der Waals surface area contributed by atoms with Gasteiger partial charge in [0.2, 0.25) is 0 Å². The van der Waals surface area contributed by atoms with Crippen molar-refractivity contribution in [1.29, 1.82) is 0 Å². The lowest BCUT2D eigenvalue weighted by atomic mass is 10.00. The number of carbonyl (C=O) groups is 3. The molecule has 2 amide bonds. The van der Waals surface area contributed by atoms with Gasteiger partial charge in [-0.25, -0.2) is 4.79 Å². The maximum absolute atomic E-state index is 11.6. The van der Waals surface area contributed by atoms with Gasteiger partial charge in [0.25, 0.3) is 11.8 Å². The van der Waals surface area contributed by atoms with E-state index in [1.807, 2.05) is 49.4 Å². The summed E-state index contributed by atoms with van der Waals surface area (Å²) >= 11 is 0. The quantitative estimate of drug-likeness (QED) is 0.606. The van der Waals surface area contributed by atoms with Crippen LogP contribution in [-0.2, 0) is 19.2 Å². The van der Waals surface area contributed by atoms with Crippen LogP contribution in [0.3, 0.4) is 0 Å². The molecule has 1 fully saturated rings. The number of hydrogen-bond donors (Lipinski definition) is 1. The molecule has 0 saturated carbocycles. The van der Waals surface area contributed by atoms with Gasteiger partial charge < -0.3 is 9.94 Å². The third kappa shape index (κ3) is 5.69. The lowest BCUT2D eigenvalue weighted by molar-refractivity contribution is -0.193. The molecule has 25 heavy (non-hydrogen) atoms. The monoisotopic (exact) mass is 343 g/mol. The van der Waals surface area contributed by atoms with E-state index < -0.39 is 23.9 Å². The van der Waals surface area contributed by atoms with Crippen molar-refractivity contribution < 1.29 is 24.3 Å². The van der Waals surface area contributed by atoms with Gasteiger partial charge in [0.1, 0.15) is 0 Å². The molecule has 0 aromatic heterocycles. The molecule has 0 bridgehead atoms. The molecule has 2 atom stereocenters. The van der Waals surface area contributed by atoms with Gasteiger partial charge in [-0.1, -0.05) is 55.5 Å². The Balaban J connectivity index is 1.78. The normalized spacial score (nSPS) is 17.4. The van der Waals surface area contributed by atoms with Crippen LogP contribution >= 0.6 is 0 Å². The zero-order valence-corrected chi connectivity index (χ0v) is 14.0. The molecule has 0 unspecified atom stereocenters. The van der Waals surface area contributed by atoms with Crippen molar-refractivity contribution in [3.05, 3.63) is 54.1 Å². The van der Waals surface area contributed by atoms with E-state index in [2.05, 4.69) is 0 Å². The topological polar surface area (TPSA) is 83.9 Å². The summed E-state index contributed by atoms with van der Waals surface area (Å²) in [5.41, 5.74) is 1.04. The Hall–Kier alpha value is -2.73. The molecule has 2 rings (SSSR count). The SMILES string of the molecule is C[C@H](/C=C/c1ccccc1)[C@@H](O)C/C=C/C(=O)ON1C(=O)CCC1=O. The summed E-state index contributed by atoms with van der Waals surface area (Å²) in [5.74, 6) is -1.97. The highest BCUT2D eigenvalue weighted by atomic mass is 16.7. The number of benzene rings is 1. The van der Waals surface area contributed by atoms with E-state index in [4.69, 9.17) is 4.84 Å². The van der Waals surface area contributed by atoms with E-state index in [1.54, 1.807) is 0 Å². The highest BCUT2D eigenvalue weighted by molar-refractivity contribution is 6.02. The lowest BCUT2D eigenvalue weighted by Crippen LogP contribution is -2.31. The molecule has 0 radical (unpaired) electrons. The molecular weight excluding hydrogens is 322 g/mol. The Morgan fingerprint density at radius 1 is 1.24 bits per heavy atom. The first-order chi connectivity index (χ1) is 12.0. The molecule has 1 N–H and O–H groups in total. The summed E-state index contributed by atoms with van der Waals surface area (Å²) in [6, 6.07) is 9.73. The van der Waals surface area contributed by atoms with Crippen LogP contribution < -0.4 is 0 Å². The molecular formula is C19H21NO5. The summed E-state index contributed by atoms with van der Waals surface area (Å²) in [7, 11) is 0. The number of nitrogens with zero attached hydrogens (tertiary/aromatic N) is 1. The van der Waals surface area contributed by atoms with E-state index in [1.165, 1.54) is 6.08 Å². The first-order valence-electron chi connectivity index (χ1n) is 8.13. The van der Waals surface area contributed by atoms with Crippen LogP contribution in [0.4, 0.5) is 0 Å². The van der Waals surface area contributed by atoms with Crippen LogP contribution in [0.1, 0.15) is 31.7 Å². The molecule has 132 valence electrons. The fraction of sp³-hybridized carbons (Fsp3) is 0.316. The van der Waals surface area contributed by atoms with Crippen molar-refractivity contribution in [1.82, 2.24) is 5.06 Å². The summed E-state index contributed by atoms with van der Waals surface area (Å²) in [5, 5.41) is 10.6. The minimum Gasteiger partial charge on any atom is -0.392 e. The minimum atomic E-state index is -0.816. The van der Waals surface area contributed by atoms with Gasteiger partial charge in [-0.2, -0.15) is 0 Å². The Kier molecular flexibility index (Phi) is 6.65. The summed E-state index contributed by atoms with van der Waals surface area (Å²) in [4.78, 5) is 39.0. The smallest absolute Gasteiger partial charge is 0.356 e. The van der Waals surface area contributed by atoms with Gasteiger partial charge in [0, 0.05) is 24.8 Å². The average molecular weight is 343 g/mol. The fourth-order valence-electron chi connectivity index (χ4n) is 2.25. The molecule has 1 aromatic rings. The molecule has 1 aromatic carbocycles. The van der Waals surface area contributed by atoms with Gasteiger partial charge >= 0.3 is 5.97 Å². The number of carbonyl (C=O) groups excluding carboxylic acids is 3. The highest BCUT2D eigenvalue weighted by Crippen LogP contribution is 2.14. The number of aliphatic hydroxyl groups is 1. The predicted octanol–water partition coefficient (Wildman–Crippen LogP) is 2.25. The van der Waals surface area contributed by atoms with E-state index >= 15 is 0 Å². The second-order valence-corrected chi connectivity index (χ2v) is 5.83. The fourth-order valence-corrected chi connectivity index (χ4v) is 2.25. The molecule has 0 aliphatic carbocycles. The van der Waals surface area contributed by atoms with Crippen LogP contribution in [0, 0.1) is 5.92 Å². The summed E-state index contributed by atoms with van der Waals surface area (Å²) in [6.45, 7) is 1.87. The molecule has 6 nitrogen and oxygen atoms in total. The number of rotatable bonds is 7. The Bertz CT molecular complexity index is 664. The predicted molar refractivity (Wildman–Crippen MR) is 91.6 cm³/mol. The number of hydroxylamine groups is 2. The van der Waals surface area contributed by atoms with Gasteiger partial charge in [0.15, 0.2) is 0 Å². The van der Waals surface area contributed by atoms with E-state index in [0.717, 1.165) is 11.6 Å². The molecule has 1 heterocycles. The van der Waals surface area contributed by atoms with Crippen LogP contribution in [0.15, 0.2) is 48.6 Å². The van der Waals surface area contributed by atoms with Gasteiger partial charge in [-0.15, -0.1) is 5.06 Å². The van der Waals surface area contributed by atoms with Crippen LogP contribution in [-0.4, -0.2) is 34.1 Å². The van der Waals surface area contributed by atoms with Crippen molar-refractivity contribution in [3.8, 4) is 0 Å². The van der Waals surface area contributed by atoms with Gasteiger partial charge in [-0.3, -0.25) is 9.59 Å². The van der Waals surface area contributed by atoms with Gasteiger partial charge in [-0.05, 0) is 12.0 Å². The molecule has 1 aliphatic heterocycles. The van der Waals surface area contributed by atoms with Crippen LogP contribution in [0.25, 0.3) is 6.08 Å². The Labute approximate surface area is 146 Å². The Morgan fingerprint density at radius 2 is 1.88 bits per heavy atom. The summed E-state index contributed by atoms with van der Waals surface area (Å²) in [6.07, 6.45) is 6.08. The molecule has 1 aliphatic rings. The van der Waals surface area contributed by atoms with Crippen LogP contribution in [0.2, 0.25) is 0 Å². The van der Waals surface area contributed by atoms with Gasteiger partial charge in [0.05, 0.1) is 6.10 Å². The maximum Gasteiger partial charge on any atom is 0.356 e. The lowest BCUT2D eigenvalue weighted by Gasteiger charge is -2.13. The molecule has 0 spiro atoms. The highest BCUT2D eigenvalue weighted by Gasteiger charge is 2.32. The Morgan fingerprint density at radius 3 is 2.52 bits per heavy atom. The van der Waals surface area contributed by atoms with E-state index in [9.17, 15) is 19.5 Å². The zero-order chi connectivity index (χ0) is 18.2. The number of imide groups is 1. The number of amides is 2. The number of aliphatic hydroxyl groups excluding tert-OH is 1. The van der Waals surface area contributed by atoms with Crippen molar-refractivity contribution >= 4 is 23.9 Å². The largest absolute Gasteiger partial charge is 0.392 e. The second-order valence-electron chi connectivity index (χ2n) is 5.83. The molecule has 6 heteroatoms. The van der Waals surface area contributed by atoms with Crippen molar-refractivity contribution in [3.63, 3.8) is 0 Å². The number of hydrogen-bond acceptors (Lipinski definition) is 5.